The summed E-state index contributed by atoms with van der Waals surface area (Å²) in [7, 11) is 0. The fourth-order valence-electron chi connectivity index (χ4n) is 2.58. The highest BCUT2D eigenvalue weighted by molar-refractivity contribution is 6.32. The van der Waals surface area contributed by atoms with Gasteiger partial charge in [0.05, 0.1) is 4.92 Å². The predicted octanol–water partition coefficient (Wildman–Crippen LogP) is 3.45. The third-order valence-corrected chi connectivity index (χ3v) is 3.85. The topological polar surface area (TPSA) is 58.4 Å². The molecular formula is C13H20Cl3N3O2. The molecule has 5 nitrogen and oxygen atoms in total. The monoisotopic (exact) mass is 355 g/mol. The van der Waals surface area contributed by atoms with E-state index < -0.39 is 4.92 Å². The summed E-state index contributed by atoms with van der Waals surface area (Å²) in [6.45, 7) is 5.97. The zero-order valence-electron chi connectivity index (χ0n) is 11.8. The average Bonchev–Trinajstić information content (AvgIpc) is 2.42. The van der Waals surface area contributed by atoms with Crippen LogP contribution in [0.25, 0.3) is 0 Å². The molecule has 1 aliphatic heterocycles. The Hall–Kier alpha value is -0.590. The van der Waals surface area contributed by atoms with Crippen molar-refractivity contribution >= 4 is 42.1 Å². The van der Waals surface area contributed by atoms with E-state index in [0.29, 0.717) is 0 Å². The van der Waals surface area contributed by atoms with Gasteiger partial charge in [-0.05, 0) is 18.1 Å². The van der Waals surface area contributed by atoms with Crippen LogP contribution >= 0.6 is 36.4 Å². The summed E-state index contributed by atoms with van der Waals surface area (Å²) >= 11 is 5.86. The number of benzene rings is 1. The molecule has 0 amide bonds. The van der Waals surface area contributed by atoms with Gasteiger partial charge in [-0.1, -0.05) is 24.6 Å². The minimum atomic E-state index is -0.420. The Labute approximate surface area is 142 Å². The quantitative estimate of drug-likeness (QED) is 0.663. The van der Waals surface area contributed by atoms with E-state index in [1.807, 2.05) is 6.07 Å². The molecule has 1 atom stereocenters. The second-order valence-electron chi connectivity index (χ2n) is 4.68. The SMILES string of the molecule is CC[C@@H](c1ccc(Cl)c([N+](=O)[O-])c1)N1CCNCC1.Cl.Cl. The fourth-order valence-corrected chi connectivity index (χ4v) is 2.76. The van der Waals surface area contributed by atoms with Crippen LogP contribution in [0.1, 0.15) is 24.9 Å². The lowest BCUT2D eigenvalue weighted by Crippen LogP contribution is -2.45. The molecule has 21 heavy (non-hydrogen) atoms. The molecule has 1 N–H and O–H groups in total. The van der Waals surface area contributed by atoms with E-state index in [2.05, 4.69) is 17.1 Å². The van der Waals surface area contributed by atoms with Gasteiger partial charge in [-0.3, -0.25) is 15.0 Å². The molecule has 1 heterocycles. The highest BCUT2D eigenvalue weighted by Gasteiger charge is 2.23. The van der Waals surface area contributed by atoms with Gasteiger partial charge in [0.15, 0.2) is 0 Å². The summed E-state index contributed by atoms with van der Waals surface area (Å²) in [5.41, 5.74) is 0.966. The van der Waals surface area contributed by atoms with Gasteiger partial charge < -0.3 is 5.32 Å². The van der Waals surface area contributed by atoms with Crippen LogP contribution in [-0.4, -0.2) is 36.0 Å². The van der Waals surface area contributed by atoms with Crippen molar-refractivity contribution in [3.63, 3.8) is 0 Å². The van der Waals surface area contributed by atoms with Crippen molar-refractivity contribution in [2.75, 3.05) is 26.2 Å². The molecule has 1 aromatic rings. The maximum atomic E-state index is 11.0. The number of piperazine rings is 1. The smallest absolute Gasteiger partial charge is 0.288 e. The lowest BCUT2D eigenvalue weighted by molar-refractivity contribution is -0.384. The maximum Gasteiger partial charge on any atom is 0.288 e. The number of halogens is 3. The molecule has 0 bridgehead atoms. The zero-order chi connectivity index (χ0) is 13.8. The van der Waals surface area contributed by atoms with Crippen molar-refractivity contribution in [3.8, 4) is 0 Å². The highest BCUT2D eigenvalue weighted by atomic mass is 35.5. The summed E-state index contributed by atoms with van der Waals surface area (Å²) in [5.74, 6) is 0. The molecule has 1 saturated heterocycles. The largest absolute Gasteiger partial charge is 0.314 e. The fraction of sp³-hybridized carbons (Fsp3) is 0.538. The van der Waals surface area contributed by atoms with E-state index in [4.69, 9.17) is 11.6 Å². The summed E-state index contributed by atoms with van der Waals surface area (Å²) in [6.07, 6.45) is 0.929. The van der Waals surface area contributed by atoms with Crippen molar-refractivity contribution in [1.82, 2.24) is 10.2 Å². The zero-order valence-corrected chi connectivity index (χ0v) is 14.1. The molecule has 1 aromatic carbocycles. The average molecular weight is 357 g/mol. The first-order valence-electron chi connectivity index (χ1n) is 6.52. The molecule has 0 aliphatic carbocycles. The van der Waals surface area contributed by atoms with Gasteiger partial charge in [-0.15, -0.1) is 24.8 Å². The number of nitrogens with one attached hydrogen (secondary N) is 1. The number of nitrogens with zero attached hydrogens (tertiary/aromatic N) is 2. The number of nitro groups is 1. The van der Waals surface area contributed by atoms with Crippen molar-refractivity contribution in [3.05, 3.63) is 38.9 Å². The number of rotatable bonds is 4. The van der Waals surface area contributed by atoms with Gasteiger partial charge in [0, 0.05) is 38.3 Å². The van der Waals surface area contributed by atoms with Gasteiger partial charge in [0.25, 0.3) is 5.69 Å². The third-order valence-electron chi connectivity index (χ3n) is 3.53. The summed E-state index contributed by atoms with van der Waals surface area (Å²) in [6, 6.07) is 5.35. The lowest BCUT2D eigenvalue weighted by Gasteiger charge is -2.34. The van der Waals surface area contributed by atoms with E-state index in [0.717, 1.165) is 38.2 Å². The molecule has 0 aromatic heterocycles. The molecule has 0 radical (unpaired) electrons. The second kappa shape index (κ2) is 9.43. The van der Waals surface area contributed by atoms with Gasteiger partial charge in [-0.2, -0.15) is 0 Å². The number of nitro benzene ring substituents is 1. The van der Waals surface area contributed by atoms with E-state index in [1.165, 1.54) is 0 Å². The Morgan fingerprint density at radius 2 is 2.00 bits per heavy atom. The van der Waals surface area contributed by atoms with Gasteiger partial charge in [0.2, 0.25) is 0 Å². The minimum Gasteiger partial charge on any atom is -0.314 e. The summed E-state index contributed by atoms with van der Waals surface area (Å²) in [4.78, 5) is 12.9. The minimum absolute atomic E-state index is 0. The van der Waals surface area contributed by atoms with Crippen molar-refractivity contribution in [2.24, 2.45) is 0 Å². The standard InChI is InChI=1S/C13H18ClN3O2.2ClH/c1-2-12(16-7-5-15-6-8-16)10-3-4-11(14)13(9-10)17(18)19;;/h3-4,9,12,15H,2,5-8H2,1H3;2*1H/t12-;;/m0../s1. The number of hydrogen-bond acceptors (Lipinski definition) is 4. The molecule has 1 aliphatic rings. The van der Waals surface area contributed by atoms with Gasteiger partial charge in [0.1, 0.15) is 5.02 Å². The van der Waals surface area contributed by atoms with Crippen LogP contribution in [0.4, 0.5) is 5.69 Å². The van der Waals surface area contributed by atoms with Crippen molar-refractivity contribution < 1.29 is 4.92 Å². The third kappa shape index (κ3) is 4.97. The number of hydrogen-bond donors (Lipinski definition) is 1. The Bertz CT molecular complexity index is 468. The van der Waals surface area contributed by atoms with Crippen molar-refractivity contribution in [1.29, 1.82) is 0 Å². The Morgan fingerprint density at radius 1 is 1.38 bits per heavy atom. The summed E-state index contributed by atoms with van der Waals surface area (Å²) < 4.78 is 0. The van der Waals surface area contributed by atoms with E-state index in [9.17, 15) is 10.1 Å². The molecular weight excluding hydrogens is 337 g/mol. The first kappa shape index (κ1) is 20.4. The summed E-state index contributed by atoms with van der Waals surface area (Å²) in [5, 5.41) is 14.5. The lowest BCUT2D eigenvalue weighted by atomic mass is 10.0. The molecule has 1 fully saturated rings. The molecule has 120 valence electrons. The van der Waals surface area contributed by atoms with Crippen LogP contribution < -0.4 is 5.32 Å². The van der Waals surface area contributed by atoms with Crippen LogP contribution in [0.15, 0.2) is 18.2 Å². The maximum absolute atomic E-state index is 11.0. The van der Waals surface area contributed by atoms with Gasteiger partial charge >= 0.3 is 0 Å². The molecule has 0 saturated carbocycles. The van der Waals surface area contributed by atoms with Crippen molar-refractivity contribution in [2.45, 2.75) is 19.4 Å². The van der Waals surface area contributed by atoms with E-state index in [1.54, 1.807) is 12.1 Å². The van der Waals surface area contributed by atoms with Crippen LogP contribution in [0.3, 0.4) is 0 Å². The molecule has 2 rings (SSSR count). The normalized spacial score (nSPS) is 16.5. The first-order valence-corrected chi connectivity index (χ1v) is 6.90. The molecule has 0 unspecified atom stereocenters. The van der Waals surface area contributed by atoms with E-state index >= 15 is 0 Å². The highest BCUT2D eigenvalue weighted by Crippen LogP contribution is 2.31. The Balaban J connectivity index is 0.00000200. The van der Waals surface area contributed by atoms with Gasteiger partial charge in [-0.25, -0.2) is 0 Å². The van der Waals surface area contributed by atoms with Crippen LogP contribution in [-0.2, 0) is 0 Å². The second-order valence-corrected chi connectivity index (χ2v) is 5.09. The predicted molar refractivity (Wildman–Crippen MR) is 90.1 cm³/mol. The van der Waals surface area contributed by atoms with Crippen LogP contribution in [0.2, 0.25) is 5.02 Å². The molecule has 8 heteroatoms. The molecule has 0 spiro atoms. The van der Waals surface area contributed by atoms with Crippen LogP contribution in [0.5, 0.6) is 0 Å². The Kier molecular flexibility index (Phi) is 9.17. The van der Waals surface area contributed by atoms with Crippen LogP contribution in [0, 0.1) is 10.1 Å². The Morgan fingerprint density at radius 3 is 2.52 bits per heavy atom. The van der Waals surface area contributed by atoms with E-state index in [-0.39, 0.29) is 41.6 Å². The first-order chi connectivity index (χ1) is 9.13.